The molecule has 6 aromatic carbocycles. The van der Waals surface area contributed by atoms with Crippen LogP contribution in [0.1, 0.15) is 206 Å². The molecular weight excluding hydrogens is 1860 g/mol. The minimum atomic E-state index is -3.69. The van der Waals surface area contributed by atoms with Crippen LogP contribution in [0.15, 0.2) is 136 Å². The van der Waals surface area contributed by atoms with Gasteiger partial charge in [0.2, 0.25) is 34.4 Å². The van der Waals surface area contributed by atoms with Crippen LogP contribution in [0.4, 0.5) is 39.4 Å². The van der Waals surface area contributed by atoms with Crippen molar-refractivity contribution >= 4 is 186 Å². The number of carboxylic acids is 2. The van der Waals surface area contributed by atoms with E-state index >= 15 is 0 Å². The number of sulfonamides is 1. The Hall–Kier alpha value is -11.6. The van der Waals surface area contributed by atoms with Crippen LogP contribution >= 0.6 is 49.9 Å². The molecule has 0 radical (unpaired) electrons. The molecule has 4 aromatic heterocycles. The molecule has 0 unspecified atom stereocenters. The molecule has 135 heavy (non-hydrogen) atoms. The summed E-state index contributed by atoms with van der Waals surface area (Å²) in [5.41, 5.74) is 24.4. The number of pyridine rings is 1. The zero-order chi connectivity index (χ0) is 95.7. The summed E-state index contributed by atoms with van der Waals surface area (Å²) < 4.78 is 41.5. The van der Waals surface area contributed by atoms with E-state index in [1.807, 2.05) is 69.3 Å². The number of hydrogen-bond donors (Lipinski definition) is 8. The van der Waals surface area contributed by atoms with E-state index in [4.69, 9.17) is 41.1 Å². The molecule has 4 amide bonds. The molecule has 10 N–H and O–H groups in total. The van der Waals surface area contributed by atoms with Gasteiger partial charge in [0.05, 0.1) is 37.7 Å². The maximum atomic E-state index is 13.0. The Morgan fingerprint density at radius 1 is 0.585 bits per heavy atom. The van der Waals surface area contributed by atoms with Gasteiger partial charge in [-0.1, -0.05) is 115 Å². The van der Waals surface area contributed by atoms with Crippen LogP contribution < -0.4 is 56.3 Å². The van der Waals surface area contributed by atoms with E-state index in [0.717, 1.165) is 179 Å². The molecule has 8 aliphatic rings. The number of nitrogens with zero attached hydrogens (tertiary/aromatic N) is 7. The number of Topliss-reactive ketones (excluding diaryl/α,β-unsaturated/α-hetero) is 2. The first kappa shape index (κ1) is 99.4. The number of carbonyl (C=O) groups is 9. The number of fused-ring (bicyclic) bond motifs is 6. The molecule has 10 heterocycles. The van der Waals surface area contributed by atoms with Crippen molar-refractivity contribution in [2.24, 2.45) is 5.92 Å². The van der Waals surface area contributed by atoms with Gasteiger partial charge < -0.3 is 71.6 Å². The maximum Gasteiger partial charge on any atom is 0.339 e. The van der Waals surface area contributed by atoms with Crippen LogP contribution in [-0.4, -0.2) is 183 Å². The number of nitrogens with one attached hydrogen (secondary N) is 4. The molecule has 712 valence electrons. The monoisotopic (exact) mass is 1970 g/mol. The van der Waals surface area contributed by atoms with Crippen LogP contribution in [0.3, 0.4) is 0 Å². The van der Waals surface area contributed by atoms with Gasteiger partial charge in [0.1, 0.15) is 26.7 Å². The Bertz CT molecular complexity index is 6290. The second-order valence-corrected chi connectivity index (χ2v) is 41.0. The van der Waals surface area contributed by atoms with E-state index in [-0.39, 0.29) is 87.3 Å². The number of hydrogen-bond acceptors (Lipinski definition) is 24. The summed E-state index contributed by atoms with van der Waals surface area (Å²) in [6, 6.07) is 36.0. The standard InChI is InChI=1S/C24H36N4OS.C23H23N3O3.C20H30BrN3O3S.C18H16N2O4S.C17H13NO4S/c1-2-19-8-9-21-22(18-19)30-24(26-21)28-16-10-20(11-17-28)23(29)25-12-7-15-27-13-5-3-4-6-14-27;1-15-11-22(26-9-3-2-4-10-26)25-19-7-6-17(13-18(15)19)24-23(27)16-5-8-20-21(12-16)29-14-28-20;1-2-19(25)24-13-8-16-14-17(21)15-18(20(16)24)28(26,27)22-9-7-12-23-10-5-3-4-6-11-23;1-8-4-3-5-12(9(8)2)20-17(22)16-15(19)11-6-10(18(23)24)13(21)7-14(11)25-16;1-8-2-4-9(5-3-8)15(20)16-14(18)11-6-10(17(21)22)12(19)7-13(11)23-16/h8-9,18,20H,2-7,10-17H2,1H3,(H,25,29);5-8,11-13H,2-4,9-10,14H2,1H3,(H,24,27);14-15,22H,2-13H2,1H3;3-6H,7,19H2,1-2H3,(H,20,22)(H,23,24);2-6H,7,18H2,1H3,(H,21,22). The molecule has 0 spiro atoms. The largest absolute Gasteiger partial charge is 0.478 e. The van der Waals surface area contributed by atoms with Crippen LogP contribution in [0.2, 0.25) is 0 Å². The number of amides is 4. The maximum absolute atomic E-state index is 13.0. The van der Waals surface area contributed by atoms with Crippen molar-refractivity contribution < 1.29 is 71.3 Å². The van der Waals surface area contributed by atoms with Gasteiger partial charge in [0.15, 0.2) is 28.2 Å². The molecule has 4 fully saturated rings. The summed E-state index contributed by atoms with van der Waals surface area (Å²) in [6.07, 6.45) is 22.5. The highest BCUT2D eigenvalue weighted by Gasteiger charge is 2.36. The SMILES string of the molecule is CCC(=O)N1CCc2cc(Br)cc(S(=O)(=O)NCCCN3CCCCCC3)c21.CCc1ccc2nc(N3CCC(C(=O)NCCCN4CCCCCC4)CC3)sc2c1.Cc1cc(N2CCCCC2)nc2ccc(NC(=O)c3ccc4c(c3)OCO4)cc12.Cc1ccc(C(=O)c2sc3c(c2N)C=C(C(=O)O)C(=O)C3)cc1.Cc1cccc(NC(=O)c2sc3c(c2N)C=C(C(=O)O)C(=O)C3)c1C. The lowest BCUT2D eigenvalue weighted by Crippen LogP contribution is -2.41. The fraction of sp³-hybridized carbons (Fsp3) is 0.402. The lowest BCUT2D eigenvalue weighted by molar-refractivity contribution is -0.136. The number of piperidine rings is 2. The van der Waals surface area contributed by atoms with E-state index in [2.05, 4.69) is 94.3 Å². The Labute approximate surface area is 807 Å². The van der Waals surface area contributed by atoms with Crippen molar-refractivity contribution in [2.75, 3.05) is 129 Å². The van der Waals surface area contributed by atoms with Gasteiger partial charge in [0.25, 0.3) is 11.8 Å². The van der Waals surface area contributed by atoms with Gasteiger partial charge in [-0.3, -0.25) is 33.6 Å². The van der Waals surface area contributed by atoms with Gasteiger partial charge in [-0.2, -0.15) is 0 Å². The highest BCUT2D eigenvalue weighted by atomic mass is 79.9. The van der Waals surface area contributed by atoms with Gasteiger partial charge in [-0.05, 0) is 263 Å². The number of nitrogens with two attached hydrogens (primary N) is 2. The first-order valence-corrected chi connectivity index (χ1v) is 51.4. The minimum Gasteiger partial charge on any atom is -0.478 e. The van der Waals surface area contributed by atoms with Crippen molar-refractivity contribution in [1.82, 2.24) is 29.8 Å². The summed E-state index contributed by atoms with van der Waals surface area (Å²) in [6.45, 7) is 24.5. The number of carboxylic acid groups (broad SMARTS) is 2. The smallest absolute Gasteiger partial charge is 0.339 e. The summed E-state index contributed by atoms with van der Waals surface area (Å²) in [5, 5.41) is 29.3. The third-order valence-electron chi connectivity index (χ3n) is 25.7. The first-order chi connectivity index (χ1) is 65.0. The van der Waals surface area contributed by atoms with Gasteiger partial charge in [0, 0.05) is 124 Å². The number of aryl methyl sites for hydroxylation is 4. The molecule has 10 aromatic rings. The number of nitrogen functional groups attached to an aromatic ring is 2. The van der Waals surface area contributed by atoms with E-state index in [1.54, 1.807) is 65.6 Å². The summed E-state index contributed by atoms with van der Waals surface area (Å²) in [5.74, 6) is -1.63. The number of benzene rings is 6. The molecule has 28 nitrogen and oxygen atoms in total. The van der Waals surface area contributed by atoms with Crippen LogP contribution in [0.25, 0.3) is 33.3 Å². The molecule has 18 rings (SSSR count). The van der Waals surface area contributed by atoms with E-state index in [1.165, 1.54) is 106 Å². The molecule has 33 heteroatoms. The Balaban J connectivity index is 0.000000136. The number of aliphatic carboxylic acids is 2. The number of aromatic nitrogens is 2. The van der Waals surface area contributed by atoms with Crippen molar-refractivity contribution in [3.63, 3.8) is 0 Å². The summed E-state index contributed by atoms with van der Waals surface area (Å²) in [7, 11) is -3.69. The molecule has 0 bridgehead atoms. The molecule has 0 saturated carbocycles. The second kappa shape index (κ2) is 45.9. The number of ether oxygens (including phenoxy) is 2. The molecular formula is C102H118BrN13O15S4. The third kappa shape index (κ3) is 24.8. The summed E-state index contributed by atoms with van der Waals surface area (Å²) in [4.78, 5) is 132. The second-order valence-electron chi connectivity index (χ2n) is 35.2. The topological polar surface area (TPSA) is 389 Å². The number of likely N-dealkylation sites (tertiary alicyclic amines) is 2. The predicted molar refractivity (Wildman–Crippen MR) is 539 cm³/mol. The van der Waals surface area contributed by atoms with Crippen LogP contribution in [-0.2, 0) is 64.5 Å². The number of thiophene rings is 2. The molecule has 0 atom stereocenters. The molecule has 2 aliphatic carbocycles. The normalized spacial score (nSPS) is 16.1. The Morgan fingerprint density at radius 3 is 1.82 bits per heavy atom. The third-order valence-corrected chi connectivity index (χ3v) is 31.2. The van der Waals surface area contributed by atoms with E-state index in [0.29, 0.717) is 85.7 Å². The number of rotatable bonds is 23. The number of anilines is 7. The number of carbonyl (C=O) groups excluding carboxylic acids is 7. The number of ketones is 3. The van der Waals surface area contributed by atoms with E-state index < -0.39 is 33.5 Å². The quantitative estimate of drug-likeness (QED) is 0.0167. The highest BCUT2D eigenvalue weighted by molar-refractivity contribution is 9.10. The van der Waals surface area contributed by atoms with Crippen molar-refractivity contribution in [2.45, 2.75) is 175 Å². The van der Waals surface area contributed by atoms with Gasteiger partial charge >= 0.3 is 11.9 Å². The highest BCUT2D eigenvalue weighted by Crippen LogP contribution is 2.43. The van der Waals surface area contributed by atoms with Crippen molar-refractivity contribution in [1.29, 1.82) is 0 Å². The zero-order valence-corrected chi connectivity index (χ0v) is 82.1. The zero-order valence-electron chi connectivity index (χ0n) is 77.2. The van der Waals surface area contributed by atoms with Gasteiger partial charge in [-0.15, -0.1) is 22.7 Å². The molecule has 4 saturated heterocycles. The Kier molecular flexibility index (Phi) is 33.8. The van der Waals surface area contributed by atoms with Crippen molar-refractivity contribution in [3.8, 4) is 11.5 Å². The minimum absolute atomic E-state index is 0.0382. The van der Waals surface area contributed by atoms with Gasteiger partial charge in [-0.25, -0.2) is 32.7 Å². The average molecular weight is 1970 g/mol. The summed E-state index contributed by atoms with van der Waals surface area (Å²) >= 11 is 7.48. The van der Waals surface area contributed by atoms with Crippen LogP contribution in [0.5, 0.6) is 11.5 Å². The van der Waals surface area contributed by atoms with Crippen LogP contribution in [0, 0.1) is 33.6 Å². The fourth-order valence-corrected chi connectivity index (χ4v) is 23.2. The Morgan fingerprint density at radius 2 is 1.19 bits per heavy atom. The fourth-order valence-electron chi connectivity index (χ4n) is 17.8. The lowest BCUT2D eigenvalue weighted by atomic mass is 9.96. The molecule has 6 aliphatic heterocycles. The first-order valence-electron chi connectivity index (χ1n) is 46.6. The average Bonchev–Trinajstić information content (AvgIpc) is 1.66. The number of thiazole rings is 1. The van der Waals surface area contributed by atoms with Crippen molar-refractivity contribution in [3.05, 3.63) is 206 Å². The predicted octanol–water partition coefficient (Wildman–Crippen LogP) is 17.5. The number of halogens is 1. The van der Waals surface area contributed by atoms with E-state index in [9.17, 15) is 51.6 Å². The lowest BCUT2D eigenvalue weighted by Gasteiger charge is -2.31.